The van der Waals surface area contributed by atoms with Gasteiger partial charge in [0.1, 0.15) is 0 Å². The zero-order chi connectivity index (χ0) is 14.7. The minimum absolute atomic E-state index is 0.00815. The van der Waals surface area contributed by atoms with Crippen LogP contribution < -0.4 is 0 Å². The van der Waals surface area contributed by atoms with Crippen LogP contribution in [0.25, 0.3) is 0 Å². The second-order valence-electron chi connectivity index (χ2n) is 3.74. The van der Waals surface area contributed by atoms with Gasteiger partial charge in [0.25, 0.3) is 0 Å². The van der Waals surface area contributed by atoms with E-state index in [1.54, 1.807) is 6.92 Å². The first-order valence-corrected chi connectivity index (χ1v) is 6.17. The molecule has 0 saturated heterocycles. The molecule has 0 aliphatic rings. The molecular weight excluding hydrogens is 252 g/mol. The van der Waals surface area contributed by atoms with Gasteiger partial charge in [0, 0.05) is 5.57 Å². The maximum Gasteiger partial charge on any atom is 0.344 e. The predicted molar refractivity (Wildman–Crippen MR) is 67.2 cm³/mol. The van der Waals surface area contributed by atoms with E-state index in [1.807, 2.05) is 6.92 Å². The number of esters is 3. The van der Waals surface area contributed by atoms with Crippen molar-refractivity contribution >= 4 is 17.9 Å². The summed E-state index contributed by atoms with van der Waals surface area (Å²) >= 11 is 0. The Morgan fingerprint density at radius 1 is 1.00 bits per heavy atom. The maximum atomic E-state index is 11.3. The molecule has 19 heavy (non-hydrogen) atoms. The van der Waals surface area contributed by atoms with Crippen molar-refractivity contribution in [3.63, 3.8) is 0 Å². The third-order valence-corrected chi connectivity index (χ3v) is 2.03. The average Bonchev–Trinajstić information content (AvgIpc) is 2.37. The van der Waals surface area contributed by atoms with E-state index in [0.717, 1.165) is 12.8 Å². The van der Waals surface area contributed by atoms with E-state index < -0.39 is 24.5 Å². The summed E-state index contributed by atoms with van der Waals surface area (Å²) in [5, 5.41) is 0. The Hall–Kier alpha value is -1.85. The van der Waals surface area contributed by atoms with Gasteiger partial charge in [-0.25, -0.2) is 9.59 Å². The molecule has 0 fully saturated rings. The highest BCUT2D eigenvalue weighted by atomic mass is 16.6. The number of hydrogen-bond donors (Lipinski definition) is 0. The Labute approximate surface area is 112 Å². The van der Waals surface area contributed by atoms with Crippen LogP contribution in [0.15, 0.2) is 12.2 Å². The summed E-state index contributed by atoms with van der Waals surface area (Å²) in [6.07, 6.45) is 1.37. The van der Waals surface area contributed by atoms with Gasteiger partial charge in [-0.3, -0.25) is 4.79 Å². The molecule has 6 nitrogen and oxygen atoms in total. The lowest BCUT2D eigenvalue weighted by atomic mass is 10.2. The minimum Gasteiger partial charge on any atom is -0.463 e. The normalized spacial score (nSPS) is 9.58. The summed E-state index contributed by atoms with van der Waals surface area (Å²) in [4.78, 5) is 33.6. The van der Waals surface area contributed by atoms with Gasteiger partial charge in [0.2, 0.25) is 0 Å². The standard InChI is InChI=1S/C13H20O6/c1-4-6-7-18-12(15)9-19-11(14)8-10(3)13(16)17-5-2/h3-9H2,1-2H3. The number of ether oxygens (including phenoxy) is 3. The maximum absolute atomic E-state index is 11.3. The molecule has 0 bridgehead atoms. The first kappa shape index (κ1) is 17.2. The molecular formula is C13H20O6. The summed E-state index contributed by atoms with van der Waals surface area (Å²) in [6, 6.07) is 0. The van der Waals surface area contributed by atoms with Gasteiger partial charge in [-0.15, -0.1) is 0 Å². The zero-order valence-corrected chi connectivity index (χ0v) is 11.4. The van der Waals surface area contributed by atoms with E-state index >= 15 is 0 Å². The monoisotopic (exact) mass is 272 g/mol. The molecule has 0 amide bonds. The van der Waals surface area contributed by atoms with Crippen LogP contribution in [0, 0.1) is 0 Å². The van der Waals surface area contributed by atoms with Gasteiger partial charge in [-0.2, -0.15) is 0 Å². The topological polar surface area (TPSA) is 78.9 Å². The molecule has 0 aliphatic heterocycles. The van der Waals surface area contributed by atoms with Crippen LogP contribution in [0.1, 0.15) is 33.1 Å². The van der Waals surface area contributed by atoms with Gasteiger partial charge in [0.05, 0.1) is 19.6 Å². The molecule has 6 heteroatoms. The molecule has 0 heterocycles. The van der Waals surface area contributed by atoms with Crippen LogP contribution in [0.5, 0.6) is 0 Å². The fraction of sp³-hybridized carbons (Fsp3) is 0.615. The third kappa shape index (κ3) is 8.82. The number of carbonyl (C=O) groups excluding carboxylic acids is 3. The van der Waals surface area contributed by atoms with Crippen molar-refractivity contribution in [2.75, 3.05) is 19.8 Å². The van der Waals surface area contributed by atoms with Crippen LogP contribution in [0.4, 0.5) is 0 Å². The van der Waals surface area contributed by atoms with Gasteiger partial charge in [0.15, 0.2) is 6.61 Å². The molecule has 0 unspecified atom stereocenters. The van der Waals surface area contributed by atoms with Crippen molar-refractivity contribution in [1.29, 1.82) is 0 Å². The number of rotatable bonds is 9. The lowest BCUT2D eigenvalue weighted by molar-refractivity contribution is -0.158. The third-order valence-electron chi connectivity index (χ3n) is 2.03. The van der Waals surface area contributed by atoms with Gasteiger partial charge < -0.3 is 14.2 Å². The minimum atomic E-state index is -0.717. The highest BCUT2D eigenvalue weighted by Crippen LogP contribution is 2.03. The molecule has 0 radical (unpaired) electrons. The van der Waals surface area contributed by atoms with Crippen molar-refractivity contribution in [2.24, 2.45) is 0 Å². The lowest BCUT2D eigenvalue weighted by Crippen LogP contribution is -2.18. The highest BCUT2D eigenvalue weighted by Gasteiger charge is 2.15. The Morgan fingerprint density at radius 3 is 2.26 bits per heavy atom. The fourth-order valence-corrected chi connectivity index (χ4v) is 1.04. The van der Waals surface area contributed by atoms with E-state index in [9.17, 15) is 14.4 Å². The van der Waals surface area contributed by atoms with Gasteiger partial charge in [-0.05, 0) is 13.3 Å². The Bertz CT molecular complexity index is 334. The van der Waals surface area contributed by atoms with E-state index in [2.05, 4.69) is 16.1 Å². The summed E-state index contributed by atoms with van der Waals surface area (Å²) < 4.78 is 14.1. The summed E-state index contributed by atoms with van der Waals surface area (Å²) in [5.74, 6) is -1.97. The van der Waals surface area contributed by atoms with E-state index in [0.29, 0.717) is 6.61 Å². The molecule has 0 aromatic carbocycles. The highest BCUT2D eigenvalue weighted by molar-refractivity contribution is 5.93. The van der Waals surface area contributed by atoms with Crippen molar-refractivity contribution in [1.82, 2.24) is 0 Å². The first-order valence-electron chi connectivity index (χ1n) is 6.17. The molecule has 0 aromatic heterocycles. The SMILES string of the molecule is C=C(CC(=O)OCC(=O)OCCCC)C(=O)OCC. The fourth-order valence-electron chi connectivity index (χ4n) is 1.04. The largest absolute Gasteiger partial charge is 0.463 e. The zero-order valence-electron chi connectivity index (χ0n) is 11.4. The Balaban J connectivity index is 3.83. The number of carbonyl (C=O) groups is 3. The van der Waals surface area contributed by atoms with Crippen LogP contribution >= 0.6 is 0 Å². The Morgan fingerprint density at radius 2 is 1.68 bits per heavy atom. The van der Waals surface area contributed by atoms with Crippen molar-refractivity contribution in [3.05, 3.63) is 12.2 Å². The van der Waals surface area contributed by atoms with Gasteiger partial charge in [-0.1, -0.05) is 19.9 Å². The van der Waals surface area contributed by atoms with Crippen LogP contribution in [0.2, 0.25) is 0 Å². The molecule has 0 aliphatic carbocycles. The second-order valence-corrected chi connectivity index (χ2v) is 3.74. The number of hydrogen-bond acceptors (Lipinski definition) is 6. The smallest absolute Gasteiger partial charge is 0.344 e. The lowest BCUT2D eigenvalue weighted by Gasteiger charge is -2.06. The first-order chi connectivity index (χ1) is 9.01. The van der Waals surface area contributed by atoms with Gasteiger partial charge >= 0.3 is 17.9 Å². The van der Waals surface area contributed by atoms with E-state index in [1.165, 1.54) is 0 Å². The average molecular weight is 272 g/mol. The molecule has 0 rings (SSSR count). The second kappa shape index (κ2) is 10.1. The van der Waals surface area contributed by atoms with Crippen LogP contribution in [-0.4, -0.2) is 37.7 Å². The van der Waals surface area contributed by atoms with E-state index in [-0.39, 0.29) is 18.6 Å². The van der Waals surface area contributed by atoms with Crippen LogP contribution in [-0.2, 0) is 28.6 Å². The molecule has 0 atom stereocenters. The quantitative estimate of drug-likeness (QED) is 0.273. The summed E-state index contributed by atoms with van der Waals surface area (Å²) in [7, 11) is 0. The van der Waals surface area contributed by atoms with Crippen LogP contribution in [0.3, 0.4) is 0 Å². The van der Waals surface area contributed by atoms with Crippen molar-refractivity contribution in [2.45, 2.75) is 33.1 Å². The molecule has 0 N–H and O–H groups in total. The Kier molecular flexibility index (Phi) is 9.12. The summed E-state index contributed by atoms with van der Waals surface area (Å²) in [5.41, 5.74) is -0.00815. The van der Waals surface area contributed by atoms with E-state index in [4.69, 9.17) is 4.74 Å². The predicted octanol–water partition coefficient (Wildman–Crippen LogP) is 1.38. The van der Waals surface area contributed by atoms with Crippen molar-refractivity contribution in [3.8, 4) is 0 Å². The molecule has 0 spiro atoms. The molecule has 108 valence electrons. The summed E-state index contributed by atoms with van der Waals surface area (Å²) in [6.45, 7) is 7.08. The van der Waals surface area contributed by atoms with Crippen molar-refractivity contribution < 1.29 is 28.6 Å². The number of unbranched alkanes of at least 4 members (excludes halogenated alkanes) is 1. The molecule has 0 saturated carbocycles. The molecule has 0 aromatic rings.